The van der Waals surface area contributed by atoms with Gasteiger partial charge in [-0.25, -0.2) is 0 Å². The standard InChI is InChI=1S/C2H6Si2/c1-2-4-3-1/h1-2H,3-4H2. The highest BCUT2D eigenvalue weighted by molar-refractivity contribution is 7.10. The van der Waals surface area contributed by atoms with Crippen LogP contribution in [0.5, 0.6) is 0 Å². The zero-order chi connectivity index (χ0) is 2.83. The molecule has 0 N–H and O–H groups in total. The second-order valence-electron chi connectivity index (χ2n) is 1.05. The van der Waals surface area contributed by atoms with Crippen LogP contribution in [0, 0.1) is 0 Å². The van der Waals surface area contributed by atoms with E-state index in [1.54, 1.807) is 0 Å². The van der Waals surface area contributed by atoms with Gasteiger partial charge in [0, 0.05) is 18.1 Å². The summed E-state index contributed by atoms with van der Waals surface area (Å²) < 4.78 is 0. The Balaban J connectivity index is 2.47. The van der Waals surface area contributed by atoms with Gasteiger partial charge in [0.25, 0.3) is 0 Å². The van der Waals surface area contributed by atoms with Crippen LogP contribution in [0.15, 0.2) is 11.4 Å². The molecule has 0 unspecified atom stereocenters. The van der Waals surface area contributed by atoms with E-state index in [9.17, 15) is 0 Å². The molecule has 0 fully saturated rings. The summed E-state index contributed by atoms with van der Waals surface area (Å²) in [6.07, 6.45) is 0. The van der Waals surface area contributed by atoms with E-state index in [2.05, 4.69) is 11.4 Å². The molecule has 0 nitrogen and oxygen atoms in total. The molecule has 1 heterocycles. The minimum absolute atomic E-state index is 0.563. The molecule has 1 aliphatic heterocycles. The number of hydrogen-bond acceptors (Lipinski definition) is 0. The van der Waals surface area contributed by atoms with E-state index in [0.29, 0.717) is 18.1 Å². The number of hydrogen-bond donors (Lipinski definition) is 0. The second kappa shape index (κ2) is 0.861. The lowest BCUT2D eigenvalue weighted by atomic mass is 11.2. The minimum Gasteiger partial charge on any atom is -0.113 e. The highest BCUT2D eigenvalue weighted by Crippen LogP contribution is 1.75. The fourth-order valence-electron chi connectivity index (χ4n) is 0.167. The molecule has 22 valence electrons. The van der Waals surface area contributed by atoms with Crippen LogP contribution in [0.25, 0.3) is 0 Å². The third kappa shape index (κ3) is 0.172. The van der Waals surface area contributed by atoms with E-state index in [0.717, 1.165) is 0 Å². The summed E-state index contributed by atoms with van der Waals surface area (Å²) in [5.41, 5.74) is 4.76. The first-order valence-electron chi connectivity index (χ1n) is 1.65. The molecule has 0 saturated carbocycles. The monoisotopic (exact) mass is 86.0 g/mol. The molecule has 1 rings (SSSR count). The van der Waals surface area contributed by atoms with Crippen molar-refractivity contribution in [3.05, 3.63) is 11.4 Å². The SMILES string of the molecule is C1=C[SiH2][SiH2]1. The molecule has 0 aromatic heterocycles. The van der Waals surface area contributed by atoms with Crippen LogP contribution in [-0.2, 0) is 0 Å². The molecule has 0 aromatic rings. The van der Waals surface area contributed by atoms with E-state index >= 15 is 0 Å². The quantitative estimate of drug-likeness (QED) is 0.322. The van der Waals surface area contributed by atoms with Crippen LogP contribution in [-0.4, -0.2) is 18.1 Å². The molecule has 2 heteroatoms. The lowest BCUT2D eigenvalue weighted by Gasteiger charge is -1.89. The summed E-state index contributed by atoms with van der Waals surface area (Å²) >= 11 is 0. The highest BCUT2D eigenvalue weighted by atomic mass is 29.1. The molecular weight excluding hydrogens is 80.2 g/mol. The Hall–Kier alpha value is 0.174. The Morgan fingerprint density at radius 1 is 1.00 bits per heavy atom. The van der Waals surface area contributed by atoms with Gasteiger partial charge in [0.05, 0.1) is 0 Å². The third-order valence-corrected chi connectivity index (χ3v) is 6.00. The van der Waals surface area contributed by atoms with Gasteiger partial charge in [0.2, 0.25) is 0 Å². The van der Waals surface area contributed by atoms with E-state index in [1.807, 2.05) is 0 Å². The molecule has 0 saturated heterocycles. The summed E-state index contributed by atoms with van der Waals surface area (Å²) in [6, 6.07) is 0. The lowest BCUT2D eigenvalue weighted by molar-refractivity contribution is 2.38. The van der Waals surface area contributed by atoms with Crippen LogP contribution < -0.4 is 0 Å². The van der Waals surface area contributed by atoms with Crippen molar-refractivity contribution < 1.29 is 0 Å². The fraction of sp³-hybridized carbons (Fsp3) is 0. The predicted octanol–water partition coefficient (Wildman–Crippen LogP) is -1.28. The first-order valence-corrected chi connectivity index (χ1v) is 7.28. The predicted molar refractivity (Wildman–Crippen MR) is 26.2 cm³/mol. The van der Waals surface area contributed by atoms with Crippen LogP contribution in [0.1, 0.15) is 0 Å². The lowest BCUT2D eigenvalue weighted by Crippen LogP contribution is -2.05. The van der Waals surface area contributed by atoms with Gasteiger partial charge < -0.3 is 0 Å². The van der Waals surface area contributed by atoms with E-state index in [4.69, 9.17) is 0 Å². The van der Waals surface area contributed by atoms with Gasteiger partial charge in [0.15, 0.2) is 0 Å². The molecule has 0 aromatic carbocycles. The summed E-state index contributed by atoms with van der Waals surface area (Å²) in [4.78, 5) is 0. The Labute approximate surface area is 30.3 Å². The van der Waals surface area contributed by atoms with Gasteiger partial charge >= 0.3 is 0 Å². The van der Waals surface area contributed by atoms with Gasteiger partial charge in [-0.05, 0) is 0 Å². The van der Waals surface area contributed by atoms with Gasteiger partial charge in [0.1, 0.15) is 0 Å². The van der Waals surface area contributed by atoms with Crippen molar-refractivity contribution in [2.75, 3.05) is 0 Å². The average Bonchev–Trinajstić information content (AvgIpc) is 0.722. The number of rotatable bonds is 0. The van der Waals surface area contributed by atoms with Crippen LogP contribution in [0.2, 0.25) is 0 Å². The Morgan fingerprint density at radius 2 is 1.25 bits per heavy atom. The zero-order valence-corrected chi connectivity index (χ0v) is 5.40. The second-order valence-corrected chi connectivity index (χ2v) is 6.61. The fourth-order valence-corrected chi connectivity index (χ4v) is 1.50. The van der Waals surface area contributed by atoms with Crippen molar-refractivity contribution in [2.24, 2.45) is 0 Å². The Bertz CT molecular complexity index is 33.3. The van der Waals surface area contributed by atoms with Crippen molar-refractivity contribution in [3.8, 4) is 0 Å². The van der Waals surface area contributed by atoms with Crippen molar-refractivity contribution in [3.63, 3.8) is 0 Å². The average molecular weight is 86.2 g/mol. The first kappa shape index (κ1) is 2.41. The molecule has 0 radical (unpaired) electrons. The Morgan fingerprint density at radius 3 is 1.25 bits per heavy atom. The molecule has 0 bridgehead atoms. The van der Waals surface area contributed by atoms with Crippen molar-refractivity contribution in [1.29, 1.82) is 0 Å². The van der Waals surface area contributed by atoms with Crippen molar-refractivity contribution in [2.45, 2.75) is 0 Å². The highest BCUT2D eigenvalue weighted by Gasteiger charge is 1.84. The maximum Gasteiger partial charge on any atom is 0.0368 e. The van der Waals surface area contributed by atoms with Crippen molar-refractivity contribution in [1.82, 2.24) is 0 Å². The Kier molecular flexibility index (Phi) is 0.519. The maximum absolute atomic E-state index is 2.38. The van der Waals surface area contributed by atoms with Gasteiger partial charge in [-0.3, -0.25) is 0 Å². The van der Waals surface area contributed by atoms with E-state index in [1.165, 1.54) is 0 Å². The topological polar surface area (TPSA) is 0 Å². The molecule has 0 spiro atoms. The molecule has 0 aliphatic carbocycles. The molecule has 0 atom stereocenters. The van der Waals surface area contributed by atoms with Crippen LogP contribution in [0.4, 0.5) is 0 Å². The minimum atomic E-state index is 0.563. The van der Waals surface area contributed by atoms with Gasteiger partial charge in [-0.15, -0.1) is 11.4 Å². The zero-order valence-electron chi connectivity index (χ0n) is 2.57. The molecule has 0 amide bonds. The van der Waals surface area contributed by atoms with E-state index in [-0.39, 0.29) is 0 Å². The first-order chi connectivity index (χ1) is 2.00. The largest absolute Gasteiger partial charge is 0.113 e. The van der Waals surface area contributed by atoms with E-state index < -0.39 is 0 Å². The van der Waals surface area contributed by atoms with Crippen LogP contribution >= 0.6 is 0 Å². The smallest absolute Gasteiger partial charge is 0.0368 e. The summed E-state index contributed by atoms with van der Waals surface area (Å²) in [5.74, 6) is 0. The summed E-state index contributed by atoms with van der Waals surface area (Å²) in [7, 11) is 1.13. The summed E-state index contributed by atoms with van der Waals surface area (Å²) in [5, 5.41) is 0. The molecule has 4 heavy (non-hydrogen) atoms. The molecule has 1 aliphatic rings. The van der Waals surface area contributed by atoms with Gasteiger partial charge in [-0.1, -0.05) is 0 Å². The third-order valence-electron chi connectivity index (χ3n) is 0.667. The summed E-state index contributed by atoms with van der Waals surface area (Å²) in [6.45, 7) is 0. The van der Waals surface area contributed by atoms with Crippen LogP contribution in [0.3, 0.4) is 0 Å². The van der Waals surface area contributed by atoms with Crippen molar-refractivity contribution >= 4 is 18.1 Å². The van der Waals surface area contributed by atoms with Gasteiger partial charge in [-0.2, -0.15) is 0 Å². The normalized spacial score (nSPS) is 32.0. The molecular formula is C2H6Si2. The maximum atomic E-state index is 2.38.